The van der Waals surface area contributed by atoms with Crippen molar-refractivity contribution in [3.63, 3.8) is 0 Å². The molecule has 1 unspecified atom stereocenters. The summed E-state index contributed by atoms with van der Waals surface area (Å²) in [6.07, 6.45) is 3.23. The van der Waals surface area contributed by atoms with Crippen molar-refractivity contribution in [1.82, 2.24) is 0 Å². The van der Waals surface area contributed by atoms with Crippen LogP contribution in [0.15, 0.2) is 23.3 Å². The molecule has 0 aromatic heterocycles. The number of rotatable bonds is 2. The van der Waals surface area contributed by atoms with E-state index >= 15 is 0 Å². The molecule has 0 aliphatic heterocycles. The van der Waals surface area contributed by atoms with Gasteiger partial charge in [0.15, 0.2) is 0 Å². The molecule has 0 radical (unpaired) electrons. The Morgan fingerprint density at radius 3 is 2.18 bits per heavy atom. The Bertz CT molecular complexity index is 423. The van der Waals surface area contributed by atoms with Gasteiger partial charge in [-0.05, 0) is 24.8 Å². The van der Waals surface area contributed by atoms with Crippen molar-refractivity contribution in [3.05, 3.63) is 23.3 Å². The lowest BCUT2D eigenvalue weighted by atomic mass is 9.61. The lowest BCUT2D eigenvalue weighted by molar-refractivity contribution is -0.152. The molecule has 0 spiro atoms. The first-order valence-electron chi connectivity index (χ1n) is 5.47. The zero-order valence-electron chi connectivity index (χ0n) is 10.6. The highest BCUT2D eigenvalue weighted by Crippen LogP contribution is 2.48. The summed E-state index contributed by atoms with van der Waals surface area (Å²) in [6.45, 7) is 7.17. The molecule has 0 aromatic carbocycles. The van der Waals surface area contributed by atoms with Crippen molar-refractivity contribution in [1.29, 1.82) is 0 Å². The summed E-state index contributed by atoms with van der Waals surface area (Å²) in [5.41, 5.74) is -0.859. The minimum atomic E-state index is -1.15. The highest BCUT2D eigenvalue weighted by molar-refractivity contribution is 5.91. The van der Waals surface area contributed by atoms with Crippen LogP contribution in [0.5, 0.6) is 0 Å². The Labute approximate surface area is 101 Å². The molecule has 17 heavy (non-hydrogen) atoms. The van der Waals surface area contributed by atoms with E-state index in [1.54, 1.807) is 13.0 Å². The fraction of sp³-hybridized carbons (Fsp3) is 0.538. The van der Waals surface area contributed by atoms with E-state index in [1.165, 1.54) is 6.08 Å². The van der Waals surface area contributed by atoms with Crippen LogP contribution in [0.3, 0.4) is 0 Å². The van der Waals surface area contributed by atoms with Crippen molar-refractivity contribution in [3.8, 4) is 0 Å². The van der Waals surface area contributed by atoms with Crippen LogP contribution in [0.4, 0.5) is 0 Å². The standard InChI is InChI=1S/C13H18O4/c1-8-5-9(10(14)15)7-13(6-8,11(16)17)12(2,3)4/h5-6H,7H2,1-4H3,(H,14,15)(H,16,17). The van der Waals surface area contributed by atoms with Crippen LogP contribution in [0.1, 0.15) is 34.1 Å². The van der Waals surface area contributed by atoms with Gasteiger partial charge in [0, 0.05) is 5.57 Å². The SMILES string of the molecule is CC1=CC(C(=O)O)(C(C)(C)C)CC(C(=O)O)=C1. The lowest BCUT2D eigenvalue weighted by Gasteiger charge is -2.41. The summed E-state index contributed by atoms with van der Waals surface area (Å²) in [7, 11) is 0. The Kier molecular flexibility index (Phi) is 3.19. The molecule has 0 aromatic rings. The summed E-state index contributed by atoms with van der Waals surface area (Å²) in [6, 6.07) is 0. The molecule has 0 bridgehead atoms. The third kappa shape index (κ3) is 2.25. The van der Waals surface area contributed by atoms with Crippen LogP contribution in [-0.2, 0) is 9.59 Å². The number of carboxylic acid groups (broad SMARTS) is 2. The van der Waals surface area contributed by atoms with Crippen LogP contribution < -0.4 is 0 Å². The van der Waals surface area contributed by atoms with Crippen molar-refractivity contribution in [2.24, 2.45) is 10.8 Å². The number of allylic oxidation sites excluding steroid dienone is 2. The Morgan fingerprint density at radius 2 is 1.82 bits per heavy atom. The van der Waals surface area contributed by atoms with Gasteiger partial charge < -0.3 is 10.2 Å². The molecule has 0 amide bonds. The first-order chi connectivity index (χ1) is 7.60. The van der Waals surface area contributed by atoms with E-state index in [0.717, 1.165) is 0 Å². The van der Waals surface area contributed by atoms with Crippen LogP contribution in [0.2, 0.25) is 0 Å². The van der Waals surface area contributed by atoms with Gasteiger partial charge in [-0.25, -0.2) is 4.79 Å². The van der Waals surface area contributed by atoms with E-state index in [0.29, 0.717) is 5.57 Å². The second kappa shape index (κ2) is 4.02. The number of aliphatic carboxylic acids is 2. The molecule has 1 aliphatic rings. The maximum Gasteiger partial charge on any atom is 0.331 e. The molecule has 4 heteroatoms. The second-order valence-corrected chi connectivity index (χ2v) is 5.57. The van der Waals surface area contributed by atoms with Crippen molar-refractivity contribution < 1.29 is 19.8 Å². The maximum atomic E-state index is 11.6. The molecule has 2 N–H and O–H groups in total. The fourth-order valence-corrected chi connectivity index (χ4v) is 2.18. The minimum absolute atomic E-state index is 0.0263. The van der Waals surface area contributed by atoms with Gasteiger partial charge in [0.05, 0.1) is 5.41 Å². The molecular weight excluding hydrogens is 220 g/mol. The van der Waals surface area contributed by atoms with Gasteiger partial charge in [0.25, 0.3) is 0 Å². The fourth-order valence-electron chi connectivity index (χ4n) is 2.18. The monoisotopic (exact) mass is 238 g/mol. The average molecular weight is 238 g/mol. The highest BCUT2D eigenvalue weighted by Gasteiger charge is 2.49. The summed E-state index contributed by atoms with van der Waals surface area (Å²) >= 11 is 0. The first kappa shape index (κ1) is 13.5. The van der Waals surface area contributed by atoms with E-state index < -0.39 is 22.8 Å². The molecule has 1 aliphatic carbocycles. The molecule has 1 atom stereocenters. The Morgan fingerprint density at radius 1 is 1.29 bits per heavy atom. The zero-order chi connectivity index (χ0) is 13.4. The van der Waals surface area contributed by atoms with Crippen LogP contribution in [0, 0.1) is 10.8 Å². The summed E-state index contributed by atoms with van der Waals surface area (Å²) in [5.74, 6) is -2.02. The van der Waals surface area contributed by atoms with Crippen molar-refractivity contribution in [2.75, 3.05) is 0 Å². The van der Waals surface area contributed by atoms with Gasteiger partial charge in [-0.15, -0.1) is 0 Å². The van der Waals surface area contributed by atoms with Crippen LogP contribution >= 0.6 is 0 Å². The largest absolute Gasteiger partial charge is 0.481 e. The van der Waals surface area contributed by atoms with Gasteiger partial charge in [0.2, 0.25) is 0 Å². The van der Waals surface area contributed by atoms with Crippen molar-refractivity contribution in [2.45, 2.75) is 34.1 Å². The highest BCUT2D eigenvalue weighted by atomic mass is 16.4. The second-order valence-electron chi connectivity index (χ2n) is 5.57. The minimum Gasteiger partial charge on any atom is -0.481 e. The van der Waals surface area contributed by atoms with Gasteiger partial charge >= 0.3 is 11.9 Å². The zero-order valence-corrected chi connectivity index (χ0v) is 10.6. The predicted molar refractivity (Wildman–Crippen MR) is 63.6 cm³/mol. The smallest absolute Gasteiger partial charge is 0.331 e. The molecule has 0 saturated carbocycles. The third-order valence-electron chi connectivity index (χ3n) is 3.34. The number of carbonyl (C=O) groups is 2. The van der Waals surface area contributed by atoms with E-state index in [4.69, 9.17) is 5.11 Å². The van der Waals surface area contributed by atoms with E-state index in [2.05, 4.69) is 0 Å². The lowest BCUT2D eigenvalue weighted by Crippen LogP contribution is -2.43. The summed E-state index contributed by atoms with van der Waals surface area (Å²) < 4.78 is 0. The summed E-state index contributed by atoms with van der Waals surface area (Å²) in [5, 5.41) is 18.5. The van der Waals surface area contributed by atoms with Crippen LogP contribution in [-0.4, -0.2) is 22.2 Å². The van der Waals surface area contributed by atoms with Gasteiger partial charge in [0.1, 0.15) is 0 Å². The molecular formula is C13H18O4. The van der Waals surface area contributed by atoms with E-state index in [1.807, 2.05) is 20.8 Å². The van der Waals surface area contributed by atoms with Crippen LogP contribution in [0.25, 0.3) is 0 Å². The molecule has 1 rings (SSSR count). The van der Waals surface area contributed by atoms with E-state index in [9.17, 15) is 14.7 Å². The molecule has 0 heterocycles. The van der Waals surface area contributed by atoms with Gasteiger partial charge in [-0.2, -0.15) is 0 Å². The Balaban J connectivity index is 3.35. The number of hydrogen-bond acceptors (Lipinski definition) is 2. The molecule has 94 valence electrons. The molecule has 4 nitrogen and oxygen atoms in total. The summed E-state index contributed by atoms with van der Waals surface area (Å²) in [4.78, 5) is 22.6. The normalized spacial score (nSPS) is 24.9. The van der Waals surface area contributed by atoms with E-state index in [-0.39, 0.29) is 12.0 Å². The number of carboxylic acids is 2. The third-order valence-corrected chi connectivity index (χ3v) is 3.34. The maximum absolute atomic E-state index is 11.6. The molecule has 0 fully saturated rings. The topological polar surface area (TPSA) is 74.6 Å². The predicted octanol–water partition coefficient (Wildman–Crippen LogP) is 2.46. The quantitative estimate of drug-likeness (QED) is 0.775. The Hall–Kier alpha value is -1.58. The average Bonchev–Trinajstić information content (AvgIpc) is 2.14. The first-order valence-corrected chi connectivity index (χ1v) is 5.47. The van der Waals surface area contributed by atoms with Crippen molar-refractivity contribution >= 4 is 11.9 Å². The van der Waals surface area contributed by atoms with Gasteiger partial charge in [-0.3, -0.25) is 4.79 Å². The molecule has 0 saturated heterocycles. The number of hydrogen-bond donors (Lipinski definition) is 2. The van der Waals surface area contributed by atoms with Gasteiger partial charge in [-0.1, -0.05) is 32.4 Å².